The molecule has 1 aliphatic carbocycles. The molecule has 7 heteroatoms. The van der Waals surface area contributed by atoms with Crippen LogP contribution in [0.3, 0.4) is 0 Å². The maximum atomic E-state index is 12.7. The van der Waals surface area contributed by atoms with Crippen molar-refractivity contribution in [3.05, 3.63) is 35.4 Å². The quantitative estimate of drug-likeness (QED) is 0.523. The van der Waals surface area contributed by atoms with E-state index in [-0.39, 0.29) is 12.0 Å². The lowest BCUT2D eigenvalue weighted by Crippen LogP contribution is -2.45. The highest BCUT2D eigenvalue weighted by Crippen LogP contribution is 2.27. The Balaban J connectivity index is 1.19. The first-order valence-corrected chi connectivity index (χ1v) is 12.4. The van der Waals surface area contributed by atoms with E-state index >= 15 is 0 Å². The summed E-state index contributed by atoms with van der Waals surface area (Å²) >= 11 is 0. The molecule has 1 atom stereocenters. The number of hydrogen-bond donors (Lipinski definition) is 2. The van der Waals surface area contributed by atoms with Gasteiger partial charge in [-0.05, 0) is 37.4 Å². The zero-order valence-corrected chi connectivity index (χ0v) is 19.9. The van der Waals surface area contributed by atoms with Crippen LogP contribution in [0.5, 0.6) is 0 Å². The monoisotopic (exact) mass is 440 g/mol. The number of nitrogens with one attached hydrogen (secondary N) is 2. The van der Waals surface area contributed by atoms with Crippen LogP contribution in [0.15, 0.2) is 29.3 Å². The molecule has 1 amide bonds. The Morgan fingerprint density at radius 2 is 1.69 bits per heavy atom. The van der Waals surface area contributed by atoms with Gasteiger partial charge >= 0.3 is 0 Å². The summed E-state index contributed by atoms with van der Waals surface area (Å²) in [7, 11) is 4.01. The highest BCUT2D eigenvalue weighted by atomic mass is 16.2. The molecule has 1 aromatic carbocycles. The number of carbonyl (C=O) groups is 1. The SMILES string of the molecule is CN=C(NCc1ccc(CN2CCN(C)CC2)cc1)NC1CCN(C(=O)C2CCCC2)C1. The van der Waals surface area contributed by atoms with Gasteiger partial charge in [0.2, 0.25) is 5.91 Å². The number of aliphatic imine (C=N–C) groups is 1. The van der Waals surface area contributed by atoms with Crippen LogP contribution < -0.4 is 10.6 Å². The van der Waals surface area contributed by atoms with Gasteiger partial charge in [-0.2, -0.15) is 0 Å². The van der Waals surface area contributed by atoms with Crippen molar-refractivity contribution in [3.8, 4) is 0 Å². The van der Waals surface area contributed by atoms with Crippen LogP contribution in [-0.2, 0) is 17.9 Å². The first-order chi connectivity index (χ1) is 15.6. The Labute approximate surface area is 193 Å². The van der Waals surface area contributed by atoms with Crippen LogP contribution in [0.1, 0.15) is 43.2 Å². The van der Waals surface area contributed by atoms with Crippen LogP contribution >= 0.6 is 0 Å². The van der Waals surface area contributed by atoms with Crippen LogP contribution in [0, 0.1) is 5.92 Å². The molecule has 0 bridgehead atoms. The molecule has 2 N–H and O–H groups in total. The molecule has 32 heavy (non-hydrogen) atoms. The summed E-state index contributed by atoms with van der Waals surface area (Å²) < 4.78 is 0. The summed E-state index contributed by atoms with van der Waals surface area (Å²) in [5.41, 5.74) is 2.62. The number of rotatable bonds is 6. The summed E-state index contributed by atoms with van der Waals surface area (Å²) in [4.78, 5) is 24.0. The molecule has 0 spiro atoms. The number of hydrogen-bond acceptors (Lipinski definition) is 4. The summed E-state index contributed by atoms with van der Waals surface area (Å²) in [6, 6.07) is 9.19. The van der Waals surface area contributed by atoms with Gasteiger partial charge in [0.25, 0.3) is 0 Å². The van der Waals surface area contributed by atoms with Crippen LogP contribution in [0.4, 0.5) is 0 Å². The molecule has 1 aromatic rings. The number of guanidine groups is 1. The summed E-state index contributed by atoms with van der Waals surface area (Å²) in [5, 5.41) is 6.95. The van der Waals surface area contributed by atoms with E-state index in [0.717, 1.165) is 77.6 Å². The van der Waals surface area contributed by atoms with E-state index in [2.05, 4.69) is 61.6 Å². The second-order valence-corrected chi connectivity index (χ2v) is 9.72. The highest BCUT2D eigenvalue weighted by Gasteiger charge is 2.32. The number of amides is 1. The zero-order valence-electron chi connectivity index (χ0n) is 19.9. The molecule has 0 radical (unpaired) electrons. The summed E-state index contributed by atoms with van der Waals surface area (Å²) in [6.07, 6.45) is 5.55. The second kappa shape index (κ2) is 11.1. The molecule has 1 unspecified atom stereocenters. The van der Waals surface area contributed by atoms with Gasteiger partial charge in [0.15, 0.2) is 5.96 Å². The van der Waals surface area contributed by atoms with Crippen molar-refractivity contribution in [2.24, 2.45) is 10.9 Å². The van der Waals surface area contributed by atoms with Crippen molar-refractivity contribution in [1.82, 2.24) is 25.3 Å². The van der Waals surface area contributed by atoms with Gasteiger partial charge in [0, 0.05) is 71.4 Å². The number of nitrogens with zero attached hydrogens (tertiary/aromatic N) is 4. The molecule has 4 rings (SSSR count). The average Bonchev–Trinajstić information content (AvgIpc) is 3.51. The van der Waals surface area contributed by atoms with Crippen molar-refractivity contribution in [1.29, 1.82) is 0 Å². The van der Waals surface area contributed by atoms with Gasteiger partial charge < -0.3 is 20.4 Å². The Bertz CT molecular complexity index is 765. The predicted molar refractivity (Wildman–Crippen MR) is 129 cm³/mol. The molecule has 3 aliphatic rings. The average molecular weight is 441 g/mol. The van der Waals surface area contributed by atoms with Gasteiger partial charge in [-0.15, -0.1) is 0 Å². The van der Waals surface area contributed by atoms with E-state index in [4.69, 9.17) is 0 Å². The van der Waals surface area contributed by atoms with E-state index in [1.165, 1.54) is 24.0 Å². The standard InChI is InChI=1S/C25H40N6O/c1-26-25(28-23-11-12-31(19-23)24(32)22-5-3-4-6-22)27-17-20-7-9-21(10-8-20)18-30-15-13-29(2)14-16-30/h7-10,22-23H,3-6,11-19H2,1-2H3,(H2,26,27,28). The molecule has 2 aliphatic heterocycles. The van der Waals surface area contributed by atoms with E-state index < -0.39 is 0 Å². The lowest BCUT2D eigenvalue weighted by Gasteiger charge is -2.32. The molecule has 2 saturated heterocycles. The predicted octanol–water partition coefficient (Wildman–Crippen LogP) is 1.89. The largest absolute Gasteiger partial charge is 0.352 e. The van der Waals surface area contributed by atoms with Gasteiger partial charge in [0.1, 0.15) is 0 Å². The third-order valence-electron chi connectivity index (χ3n) is 7.25. The third kappa shape index (κ3) is 6.23. The number of benzene rings is 1. The molecule has 176 valence electrons. The fourth-order valence-electron chi connectivity index (χ4n) is 5.11. The lowest BCUT2D eigenvalue weighted by atomic mass is 10.1. The minimum Gasteiger partial charge on any atom is -0.352 e. The smallest absolute Gasteiger partial charge is 0.225 e. The number of likely N-dealkylation sites (N-methyl/N-ethyl adjacent to an activating group) is 1. The molecular formula is C25H40N6O. The minimum absolute atomic E-state index is 0.269. The number of piperazine rings is 1. The van der Waals surface area contributed by atoms with Crippen LogP contribution in [-0.4, -0.2) is 86.0 Å². The number of carbonyl (C=O) groups excluding carboxylic acids is 1. The summed E-state index contributed by atoms with van der Waals surface area (Å²) in [6.45, 7) is 8.02. The Morgan fingerprint density at radius 1 is 1.00 bits per heavy atom. The Kier molecular flexibility index (Phi) is 8.03. The Morgan fingerprint density at radius 3 is 2.38 bits per heavy atom. The van der Waals surface area contributed by atoms with Crippen LogP contribution in [0.25, 0.3) is 0 Å². The van der Waals surface area contributed by atoms with Gasteiger partial charge in [-0.25, -0.2) is 0 Å². The normalized spacial score (nSPS) is 23.6. The van der Waals surface area contributed by atoms with E-state index in [9.17, 15) is 4.79 Å². The van der Waals surface area contributed by atoms with Crippen LogP contribution in [0.2, 0.25) is 0 Å². The molecule has 3 fully saturated rings. The van der Waals surface area contributed by atoms with E-state index in [0.29, 0.717) is 5.91 Å². The van der Waals surface area contributed by atoms with Gasteiger partial charge in [-0.3, -0.25) is 14.7 Å². The Hall–Kier alpha value is -2.12. The topological polar surface area (TPSA) is 63.2 Å². The first kappa shape index (κ1) is 23.1. The summed E-state index contributed by atoms with van der Waals surface area (Å²) in [5.74, 6) is 1.45. The fraction of sp³-hybridized carbons (Fsp3) is 0.680. The van der Waals surface area contributed by atoms with Crippen molar-refractivity contribution in [2.75, 3.05) is 53.4 Å². The maximum absolute atomic E-state index is 12.7. The lowest BCUT2D eigenvalue weighted by molar-refractivity contribution is -0.134. The van der Waals surface area contributed by atoms with Gasteiger partial charge in [0.05, 0.1) is 0 Å². The molecular weight excluding hydrogens is 400 g/mol. The minimum atomic E-state index is 0.269. The van der Waals surface area contributed by atoms with Crippen molar-refractivity contribution < 1.29 is 4.79 Å². The van der Waals surface area contributed by atoms with E-state index in [1.54, 1.807) is 0 Å². The van der Waals surface area contributed by atoms with Gasteiger partial charge in [-0.1, -0.05) is 37.1 Å². The maximum Gasteiger partial charge on any atom is 0.225 e. The first-order valence-electron chi connectivity index (χ1n) is 12.4. The molecule has 1 saturated carbocycles. The number of likely N-dealkylation sites (tertiary alicyclic amines) is 1. The highest BCUT2D eigenvalue weighted by molar-refractivity contribution is 5.81. The molecule has 7 nitrogen and oxygen atoms in total. The van der Waals surface area contributed by atoms with Crippen molar-refractivity contribution >= 4 is 11.9 Å². The fourth-order valence-corrected chi connectivity index (χ4v) is 5.11. The molecule has 2 heterocycles. The zero-order chi connectivity index (χ0) is 22.3. The molecule has 0 aromatic heterocycles. The van der Waals surface area contributed by atoms with E-state index in [1.807, 2.05) is 7.05 Å². The third-order valence-corrected chi connectivity index (χ3v) is 7.25. The van der Waals surface area contributed by atoms with Crippen molar-refractivity contribution in [3.63, 3.8) is 0 Å². The van der Waals surface area contributed by atoms with Crippen molar-refractivity contribution in [2.45, 2.75) is 51.2 Å². The second-order valence-electron chi connectivity index (χ2n) is 9.72.